The Hall–Kier alpha value is 2.21. The fraction of sp³-hybridized carbons (Fsp3) is 0.846. The van der Waals surface area contributed by atoms with Gasteiger partial charge in [-0.25, -0.2) is 0 Å². The molecule has 0 atom stereocenters. The predicted molar refractivity (Wildman–Crippen MR) is 60.7 cm³/mol. The summed E-state index contributed by atoms with van der Waals surface area (Å²) >= 11 is 0. The summed E-state index contributed by atoms with van der Waals surface area (Å²) in [5.74, 6) is -4.54. The molecule has 0 unspecified atom stereocenters. The molecule has 0 aliphatic rings. The van der Waals surface area contributed by atoms with Gasteiger partial charge in [-0.3, -0.25) is 0 Å². The SMILES string of the molecule is CC(C)(C)CCCCCCC(C(=O)[O-])C(=O)[O-].[K+].[K+]. The Morgan fingerprint density at radius 1 is 0.895 bits per heavy atom. The summed E-state index contributed by atoms with van der Waals surface area (Å²) in [6.07, 6.45) is 4.77. The first-order valence-electron chi connectivity index (χ1n) is 6.16. The maximum atomic E-state index is 10.5. The average molecular weight is 321 g/mol. The maximum absolute atomic E-state index is 10.5. The van der Waals surface area contributed by atoms with Crippen LogP contribution in [0, 0.1) is 11.3 Å². The quantitative estimate of drug-likeness (QED) is 0.254. The molecule has 0 aromatic heterocycles. The normalized spacial score (nSPS) is 10.5. The van der Waals surface area contributed by atoms with E-state index in [2.05, 4.69) is 20.8 Å². The number of carboxylic acid groups (broad SMARTS) is 2. The molecule has 0 bridgehead atoms. The van der Waals surface area contributed by atoms with Crippen LogP contribution in [0.4, 0.5) is 0 Å². The van der Waals surface area contributed by atoms with E-state index in [0.717, 1.165) is 25.7 Å². The van der Waals surface area contributed by atoms with Crippen LogP contribution in [0.25, 0.3) is 0 Å². The van der Waals surface area contributed by atoms with E-state index in [4.69, 9.17) is 0 Å². The molecule has 0 radical (unpaired) electrons. The molecule has 0 N–H and O–H groups in total. The third-order valence-corrected chi connectivity index (χ3v) is 2.74. The van der Waals surface area contributed by atoms with E-state index in [1.165, 1.54) is 0 Å². The first kappa shape index (κ1) is 26.1. The van der Waals surface area contributed by atoms with E-state index in [0.29, 0.717) is 11.8 Å². The molecule has 0 aliphatic carbocycles. The third-order valence-electron chi connectivity index (χ3n) is 2.74. The molecule has 0 heterocycles. The first-order chi connectivity index (χ1) is 7.74. The zero-order chi connectivity index (χ0) is 13.5. The van der Waals surface area contributed by atoms with Gasteiger partial charge in [0.05, 0.1) is 11.9 Å². The van der Waals surface area contributed by atoms with Crippen LogP contribution < -0.4 is 113 Å². The van der Waals surface area contributed by atoms with Crippen LogP contribution in [0.1, 0.15) is 59.3 Å². The summed E-state index contributed by atoms with van der Waals surface area (Å²) in [4.78, 5) is 20.9. The Morgan fingerprint density at radius 2 is 1.32 bits per heavy atom. The Balaban J connectivity index is -0.00000128. The first-order valence-corrected chi connectivity index (χ1v) is 6.16. The zero-order valence-corrected chi connectivity index (χ0v) is 19.2. The van der Waals surface area contributed by atoms with Crippen molar-refractivity contribution < 1.29 is 123 Å². The molecule has 100 valence electrons. The van der Waals surface area contributed by atoms with Crippen LogP contribution in [0.5, 0.6) is 0 Å². The smallest absolute Gasteiger partial charge is 0.549 e. The number of unbranched alkanes of at least 4 members (excludes halogenated alkanes) is 3. The van der Waals surface area contributed by atoms with Crippen molar-refractivity contribution in [2.45, 2.75) is 59.3 Å². The van der Waals surface area contributed by atoms with Gasteiger partial charge in [-0.05, 0) is 18.3 Å². The molecule has 0 fully saturated rings. The van der Waals surface area contributed by atoms with Gasteiger partial charge in [0.2, 0.25) is 0 Å². The number of carbonyl (C=O) groups is 2. The topological polar surface area (TPSA) is 80.3 Å². The van der Waals surface area contributed by atoms with Crippen molar-refractivity contribution in [3.63, 3.8) is 0 Å². The van der Waals surface area contributed by atoms with Crippen LogP contribution in [-0.2, 0) is 9.59 Å². The molecule has 0 amide bonds. The number of carbonyl (C=O) groups excluding carboxylic acids is 2. The second kappa shape index (κ2) is 13.8. The fourth-order valence-corrected chi connectivity index (χ4v) is 1.69. The fourth-order valence-electron chi connectivity index (χ4n) is 1.69. The van der Waals surface area contributed by atoms with Crippen molar-refractivity contribution in [2.75, 3.05) is 0 Å². The van der Waals surface area contributed by atoms with Gasteiger partial charge < -0.3 is 19.8 Å². The Morgan fingerprint density at radius 3 is 1.68 bits per heavy atom. The molecule has 0 rings (SSSR count). The second-order valence-corrected chi connectivity index (χ2v) is 5.70. The molecule has 4 nitrogen and oxygen atoms in total. The van der Waals surface area contributed by atoms with E-state index >= 15 is 0 Å². The van der Waals surface area contributed by atoms with E-state index in [9.17, 15) is 19.8 Å². The van der Waals surface area contributed by atoms with Gasteiger partial charge in [0.15, 0.2) is 0 Å². The number of rotatable bonds is 8. The van der Waals surface area contributed by atoms with Crippen molar-refractivity contribution >= 4 is 11.9 Å². The Bertz CT molecular complexity index is 248. The summed E-state index contributed by atoms with van der Waals surface area (Å²) < 4.78 is 0. The van der Waals surface area contributed by atoms with Gasteiger partial charge in [-0.1, -0.05) is 46.5 Å². The van der Waals surface area contributed by atoms with Gasteiger partial charge in [-0.2, -0.15) is 0 Å². The monoisotopic (exact) mass is 320 g/mol. The van der Waals surface area contributed by atoms with Gasteiger partial charge in [-0.15, -0.1) is 0 Å². The van der Waals surface area contributed by atoms with Crippen molar-refractivity contribution in [1.29, 1.82) is 0 Å². The summed E-state index contributed by atoms with van der Waals surface area (Å²) in [5.41, 5.74) is 0.318. The van der Waals surface area contributed by atoms with Crippen LogP contribution in [-0.4, -0.2) is 11.9 Å². The third kappa shape index (κ3) is 16.4. The van der Waals surface area contributed by atoms with Crippen LogP contribution in [0.2, 0.25) is 0 Å². The molecule has 0 saturated carbocycles. The summed E-state index contributed by atoms with van der Waals surface area (Å²) in [7, 11) is 0. The van der Waals surface area contributed by atoms with Gasteiger partial charge in [0, 0.05) is 5.92 Å². The zero-order valence-electron chi connectivity index (χ0n) is 13.0. The maximum Gasteiger partial charge on any atom is 1.00 e. The van der Waals surface area contributed by atoms with E-state index in [1.807, 2.05) is 0 Å². The summed E-state index contributed by atoms with van der Waals surface area (Å²) in [6.45, 7) is 6.53. The average Bonchev–Trinajstić information content (AvgIpc) is 2.13. The van der Waals surface area contributed by atoms with Crippen molar-refractivity contribution in [3.05, 3.63) is 0 Å². The van der Waals surface area contributed by atoms with Gasteiger partial charge >= 0.3 is 103 Å². The van der Waals surface area contributed by atoms with Crippen molar-refractivity contribution in [2.24, 2.45) is 11.3 Å². The van der Waals surface area contributed by atoms with Crippen LogP contribution >= 0.6 is 0 Å². The minimum Gasteiger partial charge on any atom is -0.549 e. The van der Waals surface area contributed by atoms with E-state index in [-0.39, 0.29) is 109 Å². The molecular weight excluding hydrogens is 298 g/mol. The Labute approximate surface area is 201 Å². The minimum atomic E-state index is -1.54. The standard InChI is InChI=1S/C13H24O4.2K/c1-13(2,3)9-7-5-4-6-8-10(11(14)15)12(16)17;;/h10H,4-9H2,1-3H3,(H,14,15)(H,16,17);;/q;2*+1/p-2. The molecule has 19 heavy (non-hydrogen) atoms. The van der Waals surface area contributed by atoms with Crippen LogP contribution in [0.15, 0.2) is 0 Å². The number of hydrogen-bond donors (Lipinski definition) is 0. The molecule has 0 saturated heterocycles. The largest absolute Gasteiger partial charge is 1.00 e. The minimum absolute atomic E-state index is 0. The Kier molecular flexibility index (Phi) is 19.0. The van der Waals surface area contributed by atoms with Crippen LogP contribution in [0.3, 0.4) is 0 Å². The second-order valence-electron chi connectivity index (χ2n) is 5.70. The summed E-state index contributed by atoms with van der Waals surface area (Å²) in [6, 6.07) is 0. The van der Waals surface area contributed by atoms with Crippen molar-refractivity contribution in [1.82, 2.24) is 0 Å². The summed E-state index contributed by atoms with van der Waals surface area (Å²) in [5, 5.41) is 20.9. The molecule has 0 spiro atoms. The molecule has 6 heteroatoms. The molecular formula is C13H22K2O4. The van der Waals surface area contributed by atoms with Gasteiger partial charge in [0.25, 0.3) is 0 Å². The molecule has 0 aromatic carbocycles. The van der Waals surface area contributed by atoms with E-state index in [1.54, 1.807) is 0 Å². The molecule has 0 aliphatic heterocycles. The van der Waals surface area contributed by atoms with Gasteiger partial charge in [0.1, 0.15) is 0 Å². The number of hydrogen-bond acceptors (Lipinski definition) is 4. The number of carboxylic acids is 2. The predicted octanol–water partition coefficient (Wildman–Crippen LogP) is -5.50. The molecule has 0 aromatic rings. The van der Waals surface area contributed by atoms with Crippen molar-refractivity contribution in [3.8, 4) is 0 Å². The van der Waals surface area contributed by atoms with E-state index < -0.39 is 17.9 Å². The number of aliphatic carboxylic acids is 2.